The van der Waals surface area contributed by atoms with Crippen LogP contribution < -0.4 is 5.32 Å². The first-order valence-corrected chi connectivity index (χ1v) is 9.91. The summed E-state index contributed by atoms with van der Waals surface area (Å²) in [5, 5.41) is 4.35. The molecular weight excluding hydrogens is 356 g/mol. The Morgan fingerprint density at radius 3 is 2.60 bits per heavy atom. The lowest BCUT2D eigenvalue weighted by molar-refractivity contribution is 0.0928. The van der Waals surface area contributed by atoms with Crippen LogP contribution in [0.1, 0.15) is 29.6 Å². The highest BCUT2D eigenvalue weighted by molar-refractivity contribution is 7.99. The van der Waals surface area contributed by atoms with Crippen LogP contribution in [0.5, 0.6) is 0 Å². The molecule has 3 aliphatic rings. The van der Waals surface area contributed by atoms with Crippen molar-refractivity contribution in [1.29, 1.82) is 0 Å². The van der Waals surface area contributed by atoms with Gasteiger partial charge in [0.05, 0.1) is 0 Å². The van der Waals surface area contributed by atoms with E-state index in [0.29, 0.717) is 10.8 Å². The number of carbonyl (C=O) groups is 1. The molecule has 4 nitrogen and oxygen atoms in total. The van der Waals surface area contributed by atoms with Gasteiger partial charge in [-0.25, -0.2) is 0 Å². The predicted molar refractivity (Wildman–Crippen MR) is 99.3 cm³/mol. The van der Waals surface area contributed by atoms with Gasteiger partial charge in [-0.2, -0.15) is 0 Å². The first kappa shape index (κ1) is 17.0. The van der Waals surface area contributed by atoms with Crippen molar-refractivity contribution in [3.8, 4) is 0 Å². The number of nitrogens with zero attached hydrogens (tertiary/aromatic N) is 1. The van der Waals surface area contributed by atoms with E-state index in [2.05, 4.69) is 10.2 Å². The van der Waals surface area contributed by atoms with Crippen molar-refractivity contribution in [3.05, 3.63) is 47.2 Å². The summed E-state index contributed by atoms with van der Waals surface area (Å²) in [6.07, 6.45) is 3.65. The SMILES string of the molecule is O=C(NC1CC2CCN(CC2)C1)c1ccc(Sc2ccc(Cl)o2)cc1. The van der Waals surface area contributed by atoms with Gasteiger partial charge in [0.25, 0.3) is 5.91 Å². The van der Waals surface area contributed by atoms with E-state index >= 15 is 0 Å². The van der Waals surface area contributed by atoms with Crippen molar-refractivity contribution in [2.45, 2.75) is 35.3 Å². The lowest BCUT2D eigenvalue weighted by atomic mass is 9.94. The van der Waals surface area contributed by atoms with Gasteiger partial charge in [-0.3, -0.25) is 4.79 Å². The first-order chi connectivity index (χ1) is 12.2. The van der Waals surface area contributed by atoms with Crippen LogP contribution in [0.25, 0.3) is 0 Å². The fraction of sp³-hybridized carbons (Fsp3) is 0.421. The molecule has 25 heavy (non-hydrogen) atoms. The molecule has 4 heterocycles. The summed E-state index contributed by atoms with van der Waals surface area (Å²) in [5.74, 6) is 0.785. The highest BCUT2D eigenvalue weighted by Crippen LogP contribution is 2.31. The maximum Gasteiger partial charge on any atom is 0.251 e. The van der Waals surface area contributed by atoms with Crippen molar-refractivity contribution < 1.29 is 9.21 Å². The van der Waals surface area contributed by atoms with Crippen molar-refractivity contribution >= 4 is 29.3 Å². The molecule has 0 aliphatic carbocycles. The summed E-state index contributed by atoms with van der Waals surface area (Å²) in [5.41, 5.74) is 0.702. The second-order valence-electron chi connectivity index (χ2n) is 6.84. The van der Waals surface area contributed by atoms with Gasteiger partial charge in [-0.05, 0) is 86.3 Å². The quantitative estimate of drug-likeness (QED) is 0.864. The van der Waals surface area contributed by atoms with Crippen LogP contribution in [0.4, 0.5) is 0 Å². The van der Waals surface area contributed by atoms with Crippen molar-refractivity contribution in [1.82, 2.24) is 10.2 Å². The molecule has 1 aromatic heterocycles. The summed E-state index contributed by atoms with van der Waals surface area (Å²) in [7, 11) is 0. The number of halogens is 1. The third-order valence-electron chi connectivity index (χ3n) is 5.02. The Morgan fingerprint density at radius 1 is 1.16 bits per heavy atom. The van der Waals surface area contributed by atoms with Gasteiger partial charge in [-0.15, -0.1) is 0 Å². The van der Waals surface area contributed by atoms with E-state index in [0.717, 1.165) is 28.9 Å². The van der Waals surface area contributed by atoms with Crippen molar-refractivity contribution in [3.63, 3.8) is 0 Å². The normalized spacial score (nSPS) is 25.6. The molecule has 2 bridgehead atoms. The van der Waals surface area contributed by atoms with Crippen molar-refractivity contribution in [2.24, 2.45) is 5.92 Å². The molecular formula is C19H21ClN2O2S. The minimum Gasteiger partial charge on any atom is -0.438 e. The monoisotopic (exact) mass is 376 g/mol. The molecule has 3 aliphatic heterocycles. The largest absolute Gasteiger partial charge is 0.438 e. The highest BCUT2D eigenvalue weighted by Gasteiger charge is 2.29. The van der Waals surface area contributed by atoms with Gasteiger partial charge in [0.1, 0.15) is 0 Å². The Morgan fingerprint density at radius 2 is 1.92 bits per heavy atom. The Bertz CT molecular complexity index is 724. The molecule has 1 unspecified atom stereocenters. The van der Waals surface area contributed by atoms with E-state index < -0.39 is 0 Å². The number of hydrogen-bond donors (Lipinski definition) is 1. The van der Waals surface area contributed by atoms with Gasteiger partial charge in [0.2, 0.25) is 0 Å². The Balaban J connectivity index is 1.37. The minimum absolute atomic E-state index is 0.0186. The van der Waals surface area contributed by atoms with Crippen LogP contribution in [0, 0.1) is 5.92 Å². The van der Waals surface area contributed by atoms with E-state index in [9.17, 15) is 4.79 Å². The second kappa shape index (κ2) is 7.44. The fourth-order valence-electron chi connectivity index (χ4n) is 3.71. The van der Waals surface area contributed by atoms with E-state index in [4.69, 9.17) is 16.0 Å². The first-order valence-electron chi connectivity index (χ1n) is 8.72. The molecule has 1 atom stereocenters. The molecule has 132 valence electrons. The summed E-state index contributed by atoms with van der Waals surface area (Å²) < 4.78 is 5.35. The number of carbonyl (C=O) groups excluding carboxylic acids is 1. The average Bonchev–Trinajstić information content (AvgIpc) is 2.81. The number of amides is 1. The number of rotatable bonds is 4. The molecule has 6 heteroatoms. The van der Waals surface area contributed by atoms with Gasteiger partial charge < -0.3 is 14.6 Å². The smallest absolute Gasteiger partial charge is 0.251 e. The van der Waals surface area contributed by atoms with E-state index in [1.54, 1.807) is 6.07 Å². The Hall–Kier alpha value is -1.43. The zero-order valence-corrected chi connectivity index (χ0v) is 15.5. The van der Waals surface area contributed by atoms with Crippen LogP contribution in [-0.4, -0.2) is 36.5 Å². The Labute approximate surface area is 156 Å². The number of piperidine rings is 1. The molecule has 3 fully saturated rings. The van der Waals surface area contributed by atoms with Gasteiger partial charge in [0.15, 0.2) is 10.3 Å². The van der Waals surface area contributed by atoms with Crippen LogP contribution in [0.15, 0.2) is 50.8 Å². The van der Waals surface area contributed by atoms with Crippen LogP contribution in [0.3, 0.4) is 0 Å². The molecule has 2 aromatic rings. The fourth-order valence-corrected chi connectivity index (χ4v) is 4.67. The van der Waals surface area contributed by atoms with E-state index in [1.807, 2.05) is 30.3 Å². The standard InChI is InChI=1S/C19H21ClN2O2S/c20-17-5-6-18(24-17)25-16-3-1-14(2-4-16)19(23)21-15-11-13-7-9-22(12-15)10-8-13/h1-6,13,15H,7-12H2,(H,21,23). The predicted octanol–water partition coefficient (Wildman–Crippen LogP) is 4.30. The topological polar surface area (TPSA) is 45.5 Å². The van der Waals surface area contributed by atoms with E-state index in [-0.39, 0.29) is 11.9 Å². The zero-order chi connectivity index (χ0) is 17.2. The molecule has 1 amide bonds. The van der Waals surface area contributed by atoms with Crippen molar-refractivity contribution in [2.75, 3.05) is 19.6 Å². The van der Waals surface area contributed by atoms with Crippen LogP contribution >= 0.6 is 23.4 Å². The van der Waals surface area contributed by atoms with Gasteiger partial charge in [-0.1, -0.05) is 11.8 Å². The maximum absolute atomic E-state index is 12.6. The zero-order valence-electron chi connectivity index (χ0n) is 13.9. The third-order valence-corrected chi connectivity index (χ3v) is 6.15. The molecule has 0 spiro atoms. The second-order valence-corrected chi connectivity index (χ2v) is 8.29. The number of benzene rings is 1. The van der Waals surface area contributed by atoms with Gasteiger partial charge >= 0.3 is 0 Å². The molecule has 0 radical (unpaired) electrons. The Kier molecular flexibility index (Phi) is 5.06. The summed E-state index contributed by atoms with van der Waals surface area (Å²) in [6.45, 7) is 3.34. The third kappa shape index (κ3) is 4.22. The number of hydrogen-bond acceptors (Lipinski definition) is 4. The van der Waals surface area contributed by atoms with Gasteiger partial charge in [0, 0.05) is 23.0 Å². The summed E-state index contributed by atoms with van der Waals surface area (Å²) in [4.78, 5) is 16.0. The minimum atomic E-state index is 0.0186. The van der Waals surface area contributed by atoms with Crippen LogP contribution in [-0.2, 0) is 0 Å². The molecule has 1 aromatic carbocycles. The lowest BCUT2D eigenvalue weighted by Crippen LogP contribution is -2.41. The number of furan rings is 1. The summed E-state index contributed by atoms with van der Waals surface area (Å²) >= 11 is 7.27. The molecule has 1 N–H and O–H groups in total. The maximum atomic E-state index is 12.6. The van der Waals surface area contributed by atoms with E-state index in [1.165, 1.54) is 37.7 Å². The average molecular weight is 377 g/mol. The molecule has 3 saturated heterocycles. The summed E-state index contributed by atoms with van der Waals surface area (Å²) in [6, 6.07) is 11.4. The molecule has 0 saturated carbocycles. The number of nitrogens with one attached hydrogen (secondary N) is 1. The van der Waals surface area contributed by atoms with Crippen LogP contribution in [0.2, 0.25) is 5.22 Å². The number of fused-ring (bicyclic) bond motifs is 4. The lowest BCUT2D eigenvalue weighted by Gasteiger charge is -2.26. The molecule has 5 rings (SSSR count). The highest BCUT2D eigenvalue weighted by atomic mass is 35.5.